The molecule has 0 aromatic heterocycles. The van der Waals surface area contributed by atoms with Gasteiger partial charge in [0.15, 0.2) is 21.1 Å². The van der Waals surface area contributed by atoms with Crippen LogP contribution >= 0.6 is 0 Å². The largest absolute Gasteiger partial charge is 0.624 e. The zero-order valence-corrected chi connectivity index (χ0v) is 17.9. The number of hydrogen-bond donors (Lipinski definition) is 0. The molecule has 0 saturated carbocycles. The third-order valence-electron chi connectivity index (χ3n) is 5.23. The Bertz CT molecular complexity index is 757. The van der Waals surface area contributed by atoms with Crippen LogP contribution in [0.1, 0.15) is 31.9 Å². The van der Waals surface area contributed by atoms with Crippen molar-refractivity contribution in [1.29, 1.82) is 0 Å². The third-order valence-corrected chi connectivity index (χ3v) is 9.71. The molecule has 1 unspecified atom stereocenters. The van der Waals surface area contributed by atoms with Crippen LogP contribution in [0, 0.1) is 5.21 Å². The number of alkyl halides is 1. The average Bonchev–Trinajstić information content (AvgIpc) is 2.61. The quantitative estimate of drug-likeness (QED) is 0.202. The first kappa shape index (κ1) is 21.3. The number of nitrogens with zero attached hydrogens (tertiary/aromatic N) is 1. The van der Waals surface area contributed by atoms with Crippen molar-refractivity contribution in [2.45, 2.75) is 51.1 Å². The lowest BCUT2D eigenvalue weighted by Crippen LogP contribution is -2.45. The van der Waals surface area contributed by atoms with Crippen molar-refractivity contribution in [2.24, 2.45) is 0 Å². The van der Waals surface area contributed by atoms with Gasteiger partial charge in [0.25, 0.3) is 0 Å². The van der Waals surface area contributed by atoms with Crippen LogP contribution in [0.3, 0.4) is 0 Å². The van der Waals surface area contributed by atoms with Gasteiger partial charge in [0, 0.05) is 11.1 Å². The van der Waals surface area contributed by atoms with E-state index < -0.39 is 14.0 Å². The molecule has 0 heterocycles. The smallest absolute Gasteiger partial charge is 0.234 e. The molecule has 27 heavy (non-hydrogen) atoms. The van der Waals surface area contributed by atoms with Crippen LogP contribution in [0.2, 0.25) is 18.1 Å². The summed E-state index contributed by atoms with van der Waals surface area (Å²) >= 11 is 0. The second-order valence-corrected chi connectivity index (χ2v) is 13.3. The number of halogens is 1. The lowest BCUT2D eigenvalue weighted by molar-refractivity contribution is -0.474. The van der Waals surface area contributed by atoms with Crippen molar-refractivity contribution in [1.82, 2.24) is 0 Å². The maximum absolute atomic E-state index is 16.0. The molecule has 3 nitrogen and oxygen atoms in total. The summed E-state index contributed by atoms with van der Waals surface area (Å²) in [6, 6.07) is 18.1. The molecule has 0 spiro atoms. The molecule has 0 bridgehead atoms. The zero-order valence-electron chi connectivity index (χ0n) is 16.9. The van der Waals surface area contributed by atoms with Crippen molar-refractivity contribution < 1.29 is 13.6 Å². The molecule has 0 aliphatic rings. The molecule has 2 rings (SSSR count). The molecule has 0 aliphatic carbocycles. The lowest BCUT2D eigenvalue weighted by atomic mass is 9.98. The van der Waals surface area contributed by atoms with Gasteiger partial charge >= 0.3 is 0 Å². The number of hydroxylamine groups is 1. The Morgan fingerprint density at radius 2 is 1.52 bits per heavy atom. The Kier molecular flexibility index (Phi) is 6.60. The molecule has 2 aromatic carbocycles. The fraction of sp³-hybridized carbons (Fsp3) is 0.409. The molecule has 0 aliphatic heterocycles. The number of hydrogen-bond acceptors (Lipinski definition) is 2. The van der Waals surface area contributed by atoms with E-state index in [1.165, 1.54) is 0 Å². The van der Waals surface area contributed by atoms with E-state index in [9.17, 15) is 5.21 Å². The van der Waals surface area contributed by atoms with E-state index in [1.54, 1.807) is 24.3 Å². The van der Waals surface area contributed by atoms with Crippen LogP contribution in [-0.4, -0.2) is 25.9 Å². The van der Waals surface area contributed by atoms with E-state index in [2.05, 4.69) is 33.9 Å². The highest BCUT2D eigenvalue weighted by Crippen LogP contribution is 2.38. The van der Waals surface area contributed by atoms with E-state index >= 15 is 4.39 Å². The molecule has 0 amide bonds. The fourth-order valence-electron chi connectivity index (χ4n) is 2.45. The summed E-state index contributed by atoms with van der Waals surface area (Å²) < 4.78 is 22.8. The van der Waals surface area contributed by atoms with Gasteiger partial charge in [0.05, 0.1) is 6.61 Å². The molecule has 0 N–H and O–H groups in total. The molecule has 146 valence electrons. The minimum atomic E-state index is -2.15. The molecule has 5 heteroatoms. The average molecular weight is 388 g/mol. The van der Waals surface area contributed by atoms with Gasteiger partial charge in [0.1, 0.15) is 0 Å². The maximum atomic E-state index is 16.0. The maximum Gasteiger partial charge on any atom is 0.234 e. The Balaban J connectivity index is 2.29. The first-order chi connectivity index (χ1) is 12.5. The van der Waals surface area contributed by atoms with Gasteiger partial charge in [-0.15, -0.1) is 0 Å². The van der Waals surface area contributed by atoms with Gasteiger partial charge < -0.3 is 9.63 Å². The summed E-state index contributed by atoms with van der Waals surface area (Å²) in [7, 11) is -2.15. The van der Waals surface area contributed by atoms with E-state index in [-0.39, 0.29) is 18.2 Å². The van der Waals surface area contributed by atoms with Gasteiger partial charge in [-0.05, 0) is 18.1 Å². The van der Waals surface area contributed by atoms with Gasteiger partial charge in [-0.1, -0.05) is 81.4 Å². The predicted octanol–water partition coefficient (Wildman–Crippen LogP) is 5.65. The molecule has 1 atom stereocenters. The van der Waals surface area contributed by atoms with Crippen LogP contribution in [0.4, 0.5) is 4.39 Å². The van der Waals surface area contributed by atoms with Gasteiger partial charge in [-0.25, -0.2) is 9.13 Å². The molecular weight excluding hydrogens is 357 g/mol. The minimum absolute atomic E-state index is 0.0359. The molecule has 0 saturated heterocycles. The van der Waals surface area contributed by atoms with Crippen LogP contribution < -0.4 is 0 Å². The lowest BCUT2D eigenvalue weighted by Gasteiger charge is -2.37. The van der Waals surface area contributed by atoms with Crippen LogP contribution in [-0.2, 0) is 16.6 Å². The SMILES string of the molecule is CC(C)(C)[Si](C)(C)OCC(F)(/C=[N+](\[O-])Cc1ccccc1)c1ccccc1. The van der Waals surface area contributed by atoms with Crippen LogP contribution in [0.5, 0.6) is 0 Å². The number of benzene rings is 2. The predicted molar refractivity (Wildman–Crippen MR) is 112 cm³/mol. The van der Waals surface area contributed by atoms with Crippen molar-refractivity contribution in [3.63, 3.8) is 0 Å². The molecule has 0 fully saturated rings. The third kappa shape index (κ3) is 5.74. The topological polar surface area (TPSA) is 35.3 Å². The number of rotatable bonds is 7. The van der Waals surface area contributed by atoms with Crippen LogP contribution in [0.25, 0.3) is 0 Å². The highest BCUT2D eigenvalue weighted by molar-refractivity contribution is 6.74. The van der Waals surface area contributed by atoms with E-state index in [4.69, 9.17) is 4.43 Å². The van der Waals surface area contributed by atoms with E-state index in [1.807, 2.05) is 36.4 Å². The normalized spacial score (nSPS) is 15.4. The highest BCUT2D eigenvalue weighted by Gasteiger charge is 2.42. The standard InChI is InChI=1S/C22H30FNO2Si/c1-21(2,3)27(4,5)26-18-22(23,20-14-10-7-11-15-20)17-24(25)16-19-12-8-6-9-13-19/h6-15,17H,16,18H2,1-5H3/b24-17-. The van der Waals surface area contributed by atoms with E-state index in [0.29, 0.717) is 10.3 Å². The Labute approximate surface area is 163 Å². The second-order valence-electron chi connectivity index (χ2n) is 8.47. The van der Waals surface area contributed by atoms with Crippen molar-refractivity contribution >= 4 is 14.5 Å². The molecule has 2 aromatic rings. The minimum Gasteiger partial charge on any atom is -0.624 e. The fourth-order valence-corrected chi connectivity index (χ4v) is 3.45. The summed E-state index contributed by atoms with van der Waals surface area (Å²) in [5.41, 5.74) is -0.713. The Hall–Kier alpha value is -1.98. The van der Waals surface area contributed by atoms with E-state index in [0.717, 1.165) is 11.8 Å². The van der Waals surface area contributed by atoms with Crippen molar-refractivity contribution in [3.05, 3.63) is 77.0 Å². The summed E-state index contributed by atoms with van der Waals surface area (Å²) in [5.74, 6) is 0. The Morgan fingerprint density at radius 1 is 1.00 bits per heavy atom. The monoisotopic (exact) mass is 387 g/mol. The highest BCUT2D eigenvalue weighted by atomic mass is 28.4. The first-order valence-electron chi connectivity index (χ1n) is 9.26. The second kappa shape index (κ2) is 8.36. The first-order valence-corrected chi connectivity index (χ1v) is 12.2. The summed E-state index contributed by atoms with van der Waals surface area (Å²) in [6.07, 6.45) is 1.11. The summed E-state index contributed by atoms with van der Waals surface area (Å²) in [4.78, 5) is 0. The zero-order chi connectivity index (χ0) is 20.1. The summed E-state index contributed by atoms with van der Waals surface area (Å²) in [6.45, 7) is 10.4. The van der Waals surface area contributed by atoms with Gasteiger partial charge in [0.2, 0.25) is 5.67 Å². The van der Waals surface area contributed by atoms with Gasteiger partial charge in [-0.3, -0.25) is 0 Å². The molecule has 0 radical (unpaired) electrons. The summed E-state index contributed by atoms with van der Waals surface area (Å²) in [5, 5.41) is 12.5. The van der Waals surface area contributed by atoms with Crippen molar-refractivity contribution in [3.8, 4) is 0 Å². The van der Waals surface area contributed by atoms with Crippen LogP contribution in [0.15, 0.2) is 60.7 Å². The molecular formula is C22H30FNO2Si. The van der Waals surface area contributed by atoms with Crippen molar-refractivity contribution in [2.75, 3.05) is 6.61 Å². The van der Waals surface area contributed by atoms with Gasteiger partial charge in [-0.2, -0.15) is 0 Å². The Morgan fingerprint density at radius 3 is 2.04 bits per heavy atom.